The highest BCUT2D eigenvalue weighted by Crippen LogP contribution is 2.48. The van der Waals surface area contributed by atoms with E-state index in [0.717, 1.165) is 5.56 Å². The molecule has 1 aliphatic rings. The number of amides is 1. The Labute approximate surface area is 203 Å². The number of benzene rings is 3. The van der Waals surface area contributed by atoms with Crippen molar-refractivity contribution in [2.45, 2.75) is 19.0 Å². The Morgan fingerprint density at radius 2 is 1.71 bits per heavy atom. The SMILES string of the molecule is COc1cccc(-c2ccccc2)c1C(=O)N1C(C(=O)O)C(C)C(C#N)C1c1ccccc1Cl. The molecular weight excluding hydrogens is 452 g/mol. The lowest BCUT2D eigenvalue weighted by molar-refractivity contribution is -0.142. The zero-order chi connectivity index (χ0) is 24.4. The quantitative estimate of drug-likeness (QED) is 0.531. The number of rotatable bonds is 5. The number of hydrogen-bond donors (Lipinski definition) is 1. The Bertz CT molecular complexity index is 1270. The van der Waals surface area contributed by atoms with Gasteiger partial charge in [-0.2, -0.15) is 5.26 Å². The summed E-state index contributed by atoms with van der Waals surface area (Å²) in [5.74, 6) is -2.77. The van der Waals surface area contributed by atoms with Crippen LogP contribution in [0.15, 0.2) is 72.8 Å². The van der Waals surface area contributed by atoms with E-state index >= 15 is 0 Å². The van der Waals surface area contributed by atoms with Gasteiger partial charge < -0.3 is 14.7 Å². The van der Waals surface area contributed by atoms with Gasteiger partial charge in [0.1, 0.15) is 11.8 Å². The molecule has 0 bridgehead atoms. The smallest absolute Gasteiger partial charge is 0.326 e. The third-order valence-corrected chi connectivity index (χ3v) is 6.75. The van der Waals surface area contributed by atoms with E-state index in [4.69, 9.17) is 16.3 Å². The number of ether oxygens (including phenoxy) is 1. The molecule has 0 saturated carbocycles. The molecular formula is C27H23ClN2O4. The van der Waals surface area contributed by atoms with Gasteiger partial charge in [-0.3, -0.25) is 4.79 Å². The van der Waals surface area contributed by atoms with Gasteiger partial charge in [0.15, 0.2) is 0 Å². The fourth-order valence-corrected chi connectivity index (χ4v) is 5.08. The summed E-state index contributed by atoms with van der Waals surface area (Å²) < 4.78 is 5.54. The fourth-order valence-electron chi connectivity index (χ4n) is 4.84. The van der Waals surface area contributed by atoms with Gasteiger partial charge in [0.25, 0.3) is 5.91 Å². The monoisotopic (exact) mass is 474 g/mol. The predicted molar refractivity (Wildman–Crippen MR) is 128 cm³/mol. The lowest BCUT2D eigenvalue weighted by atomic mass is 9.87. The lowest BCUT2D eigenvalue weighted by Gasteiger charge is -2.31. The molecule has 0 radical (unpaired) electrons. The highest BCUT2D eigenvalue weighted by molar-refractivity contribution is 6.31. The average molecular weight is 475 g/mol. The van der Waals surface area contributed by atoms with Crippen LogP contribution in [0.5, 0.6) is 5.75 Å². The van der Waals surface area contributed by atoms with E-state index in [0.29, 0.717) is 21.9 Å². The van der Waals surface area contributed by atoms with Crippen LogP contribution in [-0.4, -0.2) is 35.0 Å². The first-order valence-corrected chi connectivity index (χ1v) is 11.2. The molecule has 4 atom stereocenters. The molecule has 1 amide bonds. The van der Waals surface area contributed by atoms with E-state index in [-0.39, 0.29) is 5.56 Å². The average Bonchev–Trinajstić information content (AvgIpc) is 3.15. The minimum absolute atomic E-state index is 0.241. The second kappa shape index (κ2) is 9.58. The third-order valence-electron chi connectivity index (χ3n) is 6.41. The number of nitrogens with zero attached hydrogens (tertiary/aromatic N) is 2. The number of methoxy groups -OCH3 is 1. The van der Waals surface area contributed by atoms with Crippen LogP contribution in [0, 0.1) is 23.2 Å². The van der Waals surface area contributed by atoms with Crippen LogP contribution >= 0.6 is 11.6 Å². The Kier molecular flexibility index (Phi) is 6.58. The number of carboxylic acids is 1. The zero-order valence-corrected chi connectivity index (χ0v) is 19.4. The first-order chi connectivity index (χ1) is 16.4. The molecule has 1 fully saturated rings. The summed E-state index contributed by atoms with van der Waals surface area (Å²) in [7, 11) is 1.46. The minimum atomic E-state index is -1.22. The van der Waals surface area contributed by atoms with Gasteiger partial charge in [0.2, 0.25) is 0 Å². The van der Waals surface area contributed by atoms with Crippen LogP contribution in [0.25, 0.3) is 11.1 Å². The standard InChI is InChI=1S/C27H23ClN2O4/c1-16-20(15-29)25(19-11-6-7-13-21(19)28)30(24(16)27(32)33)26(31)23-18(12-8-14-22(23)34-2)17-9-4-3-5-10-17/h3-14,16,20,24-25H,1-2H3,(H,32,33). The van der Waals surface area contributed by atoms with Crippen LogP contribution in [0.3, 0.4) is 0 Å². The van der Waals surface area contributed by atoms with Crippen molar-refractivity contribution in [3.63, 3.8) is 0 Å². The molecule has 0 aliphatic carbocycles. The predicted octanol–water partition coefficient (Wildman–Crippen LogP) is 5.44. The highest BCUT2D eigenvalue weighted by atomic mass is 35.5. The van der Waals surface area contributed by atoms with Gasteiger partial charge in [0.05, 0.1) is 30.7 Å². The van der Waals surface area contributed by atoms with Gasteiger partial charge >= 0.3 is 5.97 Å². The van der Waals surface area contributed by atoms with E-state index in [1.54, 1.807) is 49.4 Å². The lowest BCUT2D eigenvalue weighted by Crippen LogP contribution is -2.44. The summed E-state index contributed by atoms with van der Waals surface area (Å²) in [6, 6.07) is 21.7. The number of nitriles is 1. The van der Waals surface area contributed by atoms with Crippen molar-refractivity contribution in [2.24, 2.45) is 11.8 Å². The second-order valence-corrected chi connectivity index (χ2v) is 8.63. The Morgan fingerprint density at radius 1 is 1.03 bits per heavy atom. The number of carboxylic acid groups (broad SMARTS) is 1. The van der Waals surface area contributed by atoms with Crippen LogP contribution in [-0.2, 0) is 4.79 Å². The Hall–Kier alpha value is -3.82. The maximum atomic E-state index is 14.3. The summed E-state index contributed by atoms with van der Waals surface area (Å²) in [6.45, 7) is 1.68. The number of aliphatic carboxylic acids is 1. The van der Waals surface area contributed by atoms with Crippen molar-refractivity contribution >= 4 is 23.5 Å². The summed E-state index contributed by atoms with van der Waals surface area (Å²) in [4.78, 5) is 28.0. The minimum Gasteiger partial charge on any atom is -0.496 e. The molecule has 3 aromatic rings. The van der Waals surface area contributed by atoms with E-state index in [9.17, 15) is 20.0 Å². The van der Waals surface area contributed by atoms with Crippen LogP contribution in [0.1, 0.15) is 28.9 Å². The fraction of sp³-hybridized carbons (Fsp3) is 0.222. The van der Waals surface area contributed by atoms with Crippen LogP contribution in [0.2, 0.25) is 5.02 Å². The summed E-state index contributed by atoms with van der Waals surface area (Å²) in [6.07, 6.45) is 0. The van der Waals surface area contributed by atoms with Crippen molar-refractivity contribution in [3.8, 4) is 22.9 Å². The van der Waals surface area contributed by atoms with Crippen LogP contribution in [0.4, 0.5) is 0 Å². The number of carbonyl (C=O) groups excluding carboxylic acids is 1. The number of likely N-dealkylation sites (tertiary alicyclic amines) is 1. The van der Waals surface area contributed by atoms with Crippen molar-refractivity contribution in [1.82, 2.24) is 4.90 Å². The maximum absolute atomic E-state index is 14.3. The first-order valence-electron chi connectivity index (χ1n) is 10.8. The van der Waals surface area contributed by atoms with Crippen LogP contribution < -0.4 is 4.74 Å². The van der Waals surface area contributed by atoms with E-state index in [1.165, 1.54) is 12.0 Å². The third kappa shape index (κ3) is 3.89. The summed E-state index contributed by atoms with van der Waals surface area (Å²) in [5, 5.41) is 20.5. The van der Waals surface area contributed by atoms with Crippen molar-refractivity contribution in [2.75, 3.05) is 7.11 Å². The van der Waals surface area contributed by atoms with Crippen molar-refractivity contribution in [3.05, 3.63) is 88.9 Å². The largest absolute Gasteiger partial charge is 0.496 e. The molecule has 3 aromatic carbocycles. The summed E-state index contributed by atoms with van der Waals surface area (Å²) in [5.41, 5.74) is 2.18. The highest BCUT2D eigenvalue weighted by Gasteiger charge is 2.54. The van der Waals surface area contributed by atoms with Gasteiger partial charge in [-0.05, 0) is 28.8 Å². The Balaban J connectivity index is 1.96. The van der Waals surface area contributed by atoms with Crippen molar-refractivity contribution < 1.29 is 19.4 Å². The molecule has 172 valence electrons. The van der Waals surface area contributed by atoms with Gasteiger partial charge in [-0.15, -0.1) is 0 Å². The van der Waals surface area contributed by atoms with E-state index in [1.807, 2.05) is 30.3 Å². The topological polar surface area (TPSA) is 90.6 Å². The molecule has 34 heavy (non-hydrogen) atoms. The van der Waals surface area contributed by atoms with E-state index in [2.05, 4.69) is 6.07 Å². The first kappa shape index (κ1) is 23.3. The molecule has 1 heterocycles. The molecule has 1 saturated heterocycles. The second-order valence-electron chi connectivity index (χ2n) is 8.22. The van der Waals surface area contributed by atoms with Gasteiger partial charge in [-0.25, -0.2) is 4.79 Å². The molecule has 0 aromatic heterocycles. The maximum Gasteiger partial charge on any atom is 0.326 e. The molecule has 4 unspecified atom stereocenters. The molecule has 1 N–H and O–H groups in total. The number of hydrogen-bond acceptors (Lipinski definition) is 4. The molecule has 1 aliphatic heterocycles. The number of halogens is 1. The molecule has 6 nitrogen and oxygen atoms in total. The number of carbonyl (C=O) groups is 2. The van der Waals surface area contributed by atoms with Gasteiger partial charge in [-0.1, -0.05) is 79.2 Å². The zero-order valence-electron chi connectivity index (χ0n) is 18.7. The molecule has 7 heteroatoms. The van der Waals surface area contributed by atoms with E-state index < -0.39 is 35.8 Å². The molecule has 4 rings (SSSR count). The van der Waals surface area contributed by atoms with Crippen molar-refractivity contribution in [1.29, 1.82) is 5.26 Å². The summed E-state index contributed by atoms with van der Waals surface area (Å²) >= 11 is 6.48. The normalized spacial score (nSPS) is 21.6. The van der Waals surface area contributed by atoms with Gasteiger partial charge in [0, 0.05) is 10.9 Å². The Morgan fingerprint density at radius 3 is 2.32 bits per heavy atom. The molecule has 0 spiro atoms.